The Bertz CT molecular complexity index is 672. The number of allylic oxidation sites excluding steroid dienone is 2. The fourth-order valence-corrected chi connectivity index (χ4v) is 1.61. The lowest BCUT2D eigenvalue weighted by atomic mass is 10.2. The fraction of sp³-hybridized carbons (Fsp3) is 0.250. The molecule has 1 aromatic rings. The first-order valence-electron chi connectivity index (χ1n) is 8.13. The molecule has 0 heterocycles. The molecule has 0 bridgehead atoms. The molecule has 0 aromatic heterocycles. The van der Waals surface area contributed by atoms with Gasteiger partial charge < -0.3 is 10.1 Å². The largest absolute Gasteiger partial charge is 0.345 e. The molecule has 7 heteroatoms. The molecule has 2 N–H and O–H groups in total. The number of hydrogen-bond acceptors (Lipinski definition) is 5. The number of aliphatic imine (C=N–C) groups is 1. The molecular weight excluding hydrogens is 349 g/mol. The van der Waals surface area contributed by atoms with Crippen molar-refractivity contribution >= 4 is 30.4 Å². The fourth-order valence-electron chi connectivity index (χ4n) is 1.61. The predicted octanol–water partition coefficient (Wildman–Crippen LogP) is 3.43. The third-order valence-electron chi connectivity index (χ3n) is 2.73. The van der Waals surface area contributed by atoms with Crippen molar-refractivity contribution in [2.75, 3.05) is 13.1 Å². The lowest BCUT2D eigenvalue weighted by molar-refractivity contribution is -0.114. The molecule has 6 nitrogen and oxygen atoms in total. The van der Waals surface area contributed by atoms with Crippen LogP contribution in [0, 0.1) is 11.2 Å². The molecule has 0 spiro atoms. The Morgan fingerprint density at radius 2 is 1.78 bits per heavy atom. The van der Waals surface area contributed by atoms with Crippen molar-refractivity contribution in [2.24, 2.45) is 4.99 Å². The molecule has 0 aliphatic heterocycles. The molecule has 1 amide bonds. The van der Waals surface area contributed by atoms with Gasteiger partial charge in [-0.2, -0.15) is 0 Å². The maximum atomic E-state index is 12.1. The Kier molecular flexibility index (Phi) is 17.0. The topological polar surface area (TPSA) is 99.4 Å². The van der Waals surface area contributed by atoms with Crippen LogP contribution in [0.25, 0.3) is 0 Å². The van der Waals surface area contributed by atoms with Gasteiger partial charge in [0.1, 0.15) is 24.6 Å². The van der Waals surface area contributed by atoms with Gasteiger partial charge in [-0.15, -0.1) is 0 Å². The maximum Gasteiger partial charge on any atom is 0.269 e. The average Bonchev–Trinajstić information content (AvgIpc) is 2.69. The molecular formula is C20H28FN3O3. The number of carbonyl (C=O) groups is 3. The summed E-state index contributed by atoms with van der Waals surface area (Å²) in [6, 6.07) is 5.37. The summed E-state index contributed by atoms with van der Waals surface area (Å²) in [7, 11) is 0. The minimum atomic E-state index is -0.383. The van der Waals surface area contributed by atoms with E-state index in [1.54, 1.807) is 13.0 Å². The Morgan fingerprint density at radius 1 is 1.22 bits per heavy atom. The summed E-state index contributed by atoms with van der Waals surface area (Å²) in [6.07, 6.45) is 7.52. The van der Waals surface area contributed by atoms with Gasteiger partial charge in [0, 0.05) is 13.5 Å². The summed E-state index contributed by atoms with van der Waals surface area (Å²) in [5.74, 6) is -0.702. The number of halogens is 1. The molecule has 0 radical (unpaired) electrons. The van der Waals surface area contributed by atoms with E-state index >= 15 is 0 Å². The lowest BCUT2D eigenvalue weighted by Gasteiger charge is -2.04. The molecule has 0 unspecified atom stereocenters. The van der Waals surface area contributed by atoms with E-state index in [9.17, 15) is 14.0 Å². The second-order valence-corrected chi connectivity index (χ2v) is 4.73. The van der Waals surface area contributed by atoms with Gasteiger partial charge in [0.15, 0.2) is 0 Å². The third-order valence-corrected chi connectivity index (χ3v) is 2.73. The highest BCUT2D eigenvalue weighted by molar-refractivity contribution is 6.42. The minimum absolute atomic E-state index is 0. The summed E-state index contributed by atoms with van der Waals surface area (Å²) >= 11 is 0. The number of aldehydes is 1. The van der Waals surface area contributed by atoms with Crippen LogP contribution in [-0.4, -0.2) is 43.5 Å². The van der Waals surface area contributed by atoms with E-state index in [0.717, 1.165) is 5.71 Å². The van der Waals surface area contributed by atoms with Gasteiger partial charge in [-0.25, -0.2) is 4.39 Å². The molecule has 148 valence electrons. The van der Waals surface area contributed by atoms with Gasteiger partial charge in [-0.3, -0.25) is 20.0 Å². The SMILES string of the molecule is C/C=C\C(=N)C(=O)NCC(/C=C\C)=NCC.C=O.O=Cc1ccc(F)cc1.[HH]. The molecule has 0 fully saturated rings. The van der Waals surface area contributed by atoms with Gasteiger partial charge in [0.05, 0.1) is 12.3 Å². The summed E-state index contributed by atoms with van der Waals surface area (Å²) in [5.41, 5.74) is 1.27. The molecule has 0 saturated heterocycles. The highest BCUT2D eigenvalue weighted by Crippen LogP contribution is 1.98. The van der Waals surface area contributed by atoms with Gasteiger partial charge in [-0.1, -0.05) is 12.2 Å². The van der Waals surface area contributed by atoms with Crippen LogP contribution in [0.3, 0.4) is 0 Å². The van der Waals surface area contributed by atoms with Gasteiger partial charge >= 0.3 is 0 Å². The van der Waals surface area contributed by atoms with Gasteiger partial charge in [-0.05, 0) is 57.2 Å². The van der Waals surface area contributed by atoms with Crippen molar-refractivity contribution in [3.8, 4) is 0 Å². The second kappa shape index (κ2) is 17.6. The van der Waals surface area contributed by atoms with Crippen molar-refractivity contribution in [1.29, 1.82) is 5.41 Å². The monoisotopic (exact) mass is 377 g/mol. The first-order valence-corrected chi connectivity index (χ1v) is 8.13. The normalized spacial score (nSPS) is 10.4. The van der Waals surface area contributed by atoms with Crippen LogP contribution in [0.4, 0.5) is 4.39 Å². The molecule has 27 heavy (non-hydrogen) atoms. The number of rotatable bonds is 7. The zero-order valence-electron chi connectivity index (χ0n) is 15.9. The summed E-state index contributed by atoms with van der Waals surface area (Å²) < 4.78 is 12.1. The molecule has 1 rings (SSSR count). The van der Waals surface area contributed by atoms with Crippen LogP contribution < -0.4 is 5.32 Å². The van der Waals surface area contributed by atoms with Crippen molar-refractivity contribution in [3.63, 3.8) is 0 Å². The molecule has 0 saturated carbocycles. The standard InChI is InChI=1S/C12H19N3O.C7H5FO.CH2O.H2/c1-4-7-10(14-6-3)9-15-12(16)11(13)8-5-2;8-7-3-1-6(5-9)2-4-7;1-2;/h4-5,7-8,13H,6,9H2,1-3H3,(H,15,16);1-5H;1H2;1H/b7-4-,8-5-,13-11?,14-10?;;;. The first-order chi connectivity index (χ1) is 13.0. The van der Waals surface area contributed by atoms with Crippen LogP contribution >= 0.6 is 0 Å². The molecule has 1 aromatic carbocycles. The number of benzene rings is 1. The van der Waals surface area contributed by atoms with Gasteiger partial charge in [0.2, 0.25) is 0 Å². The zero-order chi connectivity index (χ0) is 21.1. The van der Waals surface area contributed by atoms with Crippen LogP contribution in [0.15, 0.2) is 53.6 Å². The van der Waals surface area contributed by atoms with E-state index in [2.05, 4.69) is 10.3 Å². The van der Waals surface area contributed by atoms with E-state index in [4.69, 9.17) is 10.2 Å². The van der Waals surface area contributed by atoms with Crippen molar-refractivity contribution in [2.45, 2.75) is 20.8 Å². The van der Waals surface area contributed by atoms with Crippen LogP contribution in [-0.2, 0) is 9.59 Å². The molecule has 0 atom stereocenters. The van der Waals surface area contributed by atoms with E-state index in [0.29, 0.717) is 24.9 Å². The summed E-state index contributed by atoms with van der Waals surface area (Å²) in [5, 5.41) is 10.0. The summed E-state index contributed by atoms with van der Waals surface area (Å²) in [4.78, 5) is 33.6. The number of carbonyl (C=O) groups excluding carboxylic acids is 3. The Hall–Kier alpha value is -3.22. The Labute approximate surface area is 160 Å². The molecule has 0 aliphatic carbocycles. The van der Waals surface area contributed by atoms with Crippen molar-refractivity contribution in [1.82, 2.24) is 5.32 Å². The first kappa shape index (κ1) is 26.0. The Morgan fingerprint density at radius 3 is 2.22 bits per heavy atom. The number of nitrogens with one attached hydrogen (secondary N) is 2. The van der Waals surface area contributed by atoms with Crippen LogP contribution in [0.5, 0.6) is 0 Å². The van der Waals surface area contributed by atoms with E-state index in [1.165, 1.54) is 30.3 Å². The average molecular weight is 377 g/mol. The molecule has 0 aliphatic rings. The quantitative estimate of drug-likeness (QED) is 0.562. The number of hydrogen-bond donors (Lipinski definition) is 2. The Balaban J connectivity index is -0.000000441. The van der Waals surface area contributed by atoms with E-state index in [1.807, 2.05) is 32.8 Å². The number of amides is 1. The maximum absolute atomic E-state index is 12.1. The smallest absolute Gasteiger partial charge is 0.269 e. The predicted molar refractivity (Wildman–Crippen MR) is 109 cm³/mol. The van der Waals surface area contributed by atoms with E-state index < -0.39 is 0 Å². The minimum Gasteiger partial charge on any atom is -0.345 e. The van der Waals surface area contributed by atoms with E-state index in [-0.39, 0.29) is 18.9 Å². The lowest BCUT2D eigenvalue weighted by Crippen LogP contribution is -2.33. The van der Waals surface area contributed by atoms with Crippen LogP contribution in [0.2, 0.25) is 0 Å². The third kappa shape index (κ3) is 13.7. The van der Waals surface area contributed by atoms with Crippen molar-refractivity contribution in [3.05, 3.63) is 60.0 Å². The highest BCUT2D eigenvalue weighted by atomic mass is 19.1. The second-order valence-electron chi connectivity index (χ2n) is 4.73. The zero-order valence-corrected chi connectivity index (χ0v) is 15.9. The summed E-state index contributed by atoms with van der Waals surface area (Å²) in [6.45, 7) is 8.65. The van der Waals surface area contributed by atoms with Gasteiger partial charge in [0.25, 0.3) is 5.91 Å². The number of nitrogens with zero attached hydrogens (tertiary/aromatic N) is 1. The van der Waals surface area contributed by atoms with Crippen molar-refractivity contribution < 1.29 is 20.2 Å². The van der Waals surface area contributed by atoms with Crippen LogP contribution in [0.1, 0.15) is 32.6 Å². The highest BCUT2D eigenvalue weighted by Gasteiger charge is 2.05.